The smallest absolute Gasteiger partial charge is 0.232 e. The first-order chi connectivity index (χ1) is 8.74. The molecule has 0 aromatic heterocycles. The topological polar surface area (TPSA) is 29.1 Å². The highest BCUT2D eigenvalue weighted by atomic mass is 32.2. The van der Waals surface area contributed by atoms with Gasteiger partial charge in [-0.1, -0.05) is 50.1 Å². The van der Waals surface area contributed by atoms with Crippen LogP contribution in [0.5, 0.6) is 0 Å². The van der Waals surface area contributed by atoms with Crippen molar-refractivity contribution in [3.63, 3.8) is 0 Å². The lowest BCUT2D eigenvalue weighted by atomic mass is 10.2. The van der Waals surface area contributed by atoms with Crippen molar-refractivity contribution in [3.05, 3.63) is 35.9 Å². The third-order valence-corrected chi connectivity index (χ3v) is 4.01. The maximum atomic E-state index is 11.8. The number of nitrogens with one attached hydrogen (secondary N) is 1. The van der Waals surface area contributed by atoms with Crippen LogP contribution in [-0.2, 0) is 10.5 Å². The quantitative estimate of drug-likeness (QED) is 0.727. The minimum absolute atomic E-state index is 0.0202. The minimum atomic E-state index is 0.0202. The Hall–Kier alpha value is -0.960. The molecular formula is C15H23NOS. The fraction of sp³-hybridized carbons (Fsp3) is 0.533. The second-order valence-corrected chi connectivity index (χ2v) is 5.77. The number of amides is 1. The summed E-state index contributed by atoms with van der Waals surface area (Å²) in [5.41, 5.74) is 1.27. The molecule has 0 saturated carbocycles. The van der Waals surface area contributed by atoms with Gasteiger partial charge in [-0.25, -0.2) is 0 Å². The zero-order chi connectivity index (χ0) is 13.2. The van der Waals surface area contributed by atoms with E-state index in [4.69, 9.17) is 0 Å². The normalized spacial score (nSPS) is 12.1. The number of carbonyl (C=O) groups excluding carboxylic acids is 1. The highest BCUT2D eigenvalue weighted by Gasteiger charge is 2.12. The molecule has 1 amide bonds. The van der Waals surface area contributed by atoms with Gasteiger partial charge in [0, 0.05) is 12.3 Å². The Labute approximate surface area is 115 Å². The molecule has 2 nitrogen and oxygen atoms in total. The van der Waals surface area contributed by atoms with E-state index in [0.717, 1.165) is 18.7 Å². The van der Waals surface area contributed by atoms with E-state index >= 15 is 0 Å². The van der Waals surface area contributed by atoms with E-state index in [-0.39, 0.29) is 11.2 Å². The maximum Gasteiger partial charge on any atom is 0.232 e. The van der Waals surface area contributed by atoms with Gasteiger partial charge in [0.15, 0.2) is 0 Å². The minimum Gasteiger partial charge on any atom is -0.355 e. The molecule has 3 heteroatoms. The lowest BCUT2D eigenvalue weighted by molar-refractivity contribution is -0.120. The van der Waals surface area contributed by atoms with Crippen LogP contribution in [0.25, 0.3) is 0 Å². The zero-order valence-corrected chi connectivity index (χ0v) is 12.1. The van der Waals surface area contributed by atoms with Gasteiger partial charge in [0.25, 0.3) is 0 Å². The molecule has 1 N–H and O–H groups in total. The van der Waals surface area contributed by atoms with Gasteiger partial charge in [0.05, 0.1) is 5.25 Å². The summed E-state index contributed by atoms with van der Waals surface area (Å²) in [6.07, 6.45) is 3.46. The summed E-state index contributed by atoms with van der Waals surface area (Å²) in [5.74, 6) is 1.05. The van der Waals surface area contributed by atoms with Crippen LogP contribution >= 0.6 is 11.8 Å². The van der Waals surface area contributed by atoms with Crippen LogP contribution in [0.3, 0.4) is 0 Å². The molecule has 0 radical (unpaired) electrons. The lowest BCUT2D eigenvalue weighted by Gasteiger charge is -2.11. The van der Waals surface area contributed by atoms with E-state index in [9.17, 15) is 4.79 Å². The second kappa shape index (κ2) is 9.03. The van der Waals surface area contributed by atoms with E-state index in [1.165, 1.54) is 18.4 Å². The molecular weight excluding hydrogens is 242 g/mol. The van der Waals surface area contributed by atoms with Crippen LogP contribution in [0.1, 0.15) is 38.7 Å². The van der Waals surface area contributed by atoms with Gasteiger partial charge < -0.3 is 5.32 Å². The lowest BCUT2D eigenvalue weighted by Crippen LogP contribution is -2.31. The third kappa shape index (κ3) is 6.10. The van der Waals surface area contributed by atoms with Crippen LogP contribution in [0, 0.1) is 0 Å². The van der Waals surface area contributed by atoms with Crippen molar-refractivity contribution in [2.75, 3.05) is 6.54 Å². The molecule has 0 bridgehead atoms. The van der Waals surface area contributed by atoms with Crippen molar-refractivity contribution in [1.29, 1.82) is 0 Å². The monoisotopic (exact) mass is 265 g/mol. The molecule has 0 fully saturated rings. The third-order valence-electron chi connectivity index (χ3n) is 2.79. The van der Waals surface area contributed by atoms with Gasteiger partial charge in [-0.15, -0.1) is 11.8 Å². The van der Waals surface area contributed by atoms with Gasteiger partial charge in [0.1, 0.15) is 0 Å². The molecule has 0 saturated heterocycles. The van der Waals surface area contributed by atoms with Crippen molar-refractivity contribution in [2.24, 2.45) is 0 Å². The molecule has 1 rings (SSSR count). The Morgan fingerprint density at radius 3 is 2.67 bits per heavy atom. The molecule has 0 aliphatic heterocycles. The SMILES string of the molecule is CCCCCNC(=O)[C@H](C)SCc1ccccc1. The molecule has 1 atom stereocenters. The number of unbranched alkanes of at least 4 members (excludes halogenated alkanes) is 2. The van der Waals surface area contributed by atoms with E-state index < -0.39 is 0 Å². The first-order valence-corrected chi connectivity index (χ1v) is 7.72. The first kappa shape index (κ1) is 15.1. The summed E-state index contributed by atoms with van der Waals surface area (Å²) in [5, 5.41) is 3.01. The van der Waals surface area contributed by atoms with E-state index in [0.29, 0.717) is 0 Å². The summed E-state index contributed by atoms with van der Waals surface area (Å²) in [7, 11) is 0. The van der Waals surface area contributed by atoms with Crippen molar-refractivity contribution in [3.8, 4) is 0 Å². The average molecular weight is 265 g/mol. The fourth-order valence-corrected chi connectivity index (χ4v) is 2.47. The predicted octanol–water partition coefficient (Wildman–Crippen LogP) is 3.61. The Morgan fingerprint density at radius 2 is 2.00 bits per heavy atom. The van der Waals surface area contributed by atoms with Crippen LogP contribution in [0.15, 0.2) is 30.3 Å². The highest BCUT2D eigenvalue weighted by molar-refractivity contribution is 7.99. The molecule has 1 aromatic rings. The average Bonchev–Trinajstić information content (AvgIpc) is 2.42. The molecule has 0 heterocycles. The molecule has 18 heavy (non-hydrogen) atoms. The van der Waals surface area contributed by atoms with Crippen molar-refractivity contribution < 1.29 is 4.79 Å². The maximum absolute atomic E-state index is 11.8. The number of carbonyl (C=O) groups is 1. The Bertz CT molecular complexity index is 340. The molecule has 1 aromatic carbocycles. The molecule has 0 aliphatic rings. The molecule has 0 unspecified atom stereocenters. The molecule has 100 valence electrons. The fourth-order valence-electron chi connectivity index (χ4n) is 1.60. The van der Waals surface area contributed by atoms with Gasteiger partial charge in [-0.05, 0) is 18.9 Å². The predicted molar refractivity (Wildman–Crippen MR) is 79.7 cm³/mol. The van der Waals surface area contributed by atoms with E-state index in [2.05, 4.69) is 24.4 Å². The zero-order valence-electron chi connectivity index (χ0n) is 11.3. The van der Waals surface area contributed by atoms with Crippen molar-refractivity contribution in [1.82, 2.24) is 5.32 Å². The number of hydrogen-bond donors (Lipinski definition) is 1. The Kier molecular flexibility index (Phi) is 7.58. The molecule has 0 spiro atoms. The summed E-state index contributed by atoms with van der Waals surface area (Å²) in [4.78, 5) is 11.8. The Balaban J connectivity index is 2.19. The van der Waals surface area contributed by atoms with Gasteiger partial charge in [-0.2, -0.15) is 0 Å². The number of thioether (sulfide) groups is 1. The first-order valence-electron chi connectivity index (χ1n) is 6.67. The molecule has 0 aliphatic carbocycles. The van der Waals surface area contributed by atoms with Gasteiger partial charge >= 0.3 is 0 Å². The van der Waals surface area contributed by atoms with Crippen LogP contribution in [0.2, 0.25) is 0 Å². The second-order valence-electron chi connectivity index (χ2n) is 4.44. The number of rotatable bonds is 8. The van der Waals surface area contributed by atoms with Gasteiger partial charge in [0.2, 0.25) is 5.91 Å². The van der Waals surface area contributed by atoms with Gasteiger partial charge in [-0.3, -0.25) is 4.79 Å². The highest BCUT2D eigenvalue weighted by Crippen LogP contribution is 2.17. The largest absolute Gasteiger partial charge is 0.355 e. The van der Waals surface area contributed by atoms with Crippen molar-refractivity contribution in [2.45, 2.75) is 44.1 Å². The van der Waals surface area contributed by atoms with Crippen LogP contribution in [-0.4, -0.2) is 17.7 Å². The van der Waals surface area contributed by atoms with Crippen LogP contribution < -0.4 is 5.32 Å². The standard InChI is InChI=1S/C15H23NOS/c1-3-4-8-11-16-15(17)13(2)18-12-14-9-6-5-7-10-14/h5-7,9-10,13H,3-4,8,11-12H2,1-2H3,(H,16,17)/t13-/m0/s1. The summed E-state index contributed by atoms with van der Waals surface area (Å²) in [6.45, 7) is 4.95. The van der Waals surface area contributed by atoms with E-state index in [1.807, 2.05) is 25.1 Å². The Morgan fingerprint density at radius 1 is 1.28 bits per heavy atom. The van der Waals surface area contributed by atoms with E-state index in [1.54, 1.807) is 11.8 Å². The number of benzene rings is 1. The number of hydrogen-bond acceptors (Lipinski definition) is 2. The summed E-state index contributed by atoms with van der Waals surface area (Å²) >= 11 is 1.69. The summed E-state index contributed by atoms with van der Waals surface area (Å²) in [6, 6.07) is 10.3. The van der Waals surface area contributed by atoms with Crippen molar-refractivity contribution >= 4 is 17.7 Å². The van der Waals surface area contributed by atoms with Crippen LogP contribution in [0.4, 0.5) is 0 Å². The summed E-state index contributed by atoms with van der Waals surface area (Å²) < 4.78 is 0.